The summed E-state index contributed by atoms with van der Waals surface area (Å²) < 4.78 is 37.6. The van der Waals surface area contributed by atoms with Gasteiger partial charge in [-0.25, -0.2) is 14.4 Å². The van der Waals surface area contributed by atoms with E-state index in [2.05, 4.69) is 0 Å². The number of hydrogen-bond donors (Lipinski definition) is 0. The van der Waals surface area contributed by atoms with Gasteiger partial charge in [0.05, 0.1) is 30.9 Å². The van der Waals surface area contributed by atoms with Crippen molar-refractivity contribution in [2.75, 3.05) is 33.0 Å². The monoisotopic (exact) mass is 548 g/mol. The number of ether oxygens (including phenoxy) is 7. The maximum atomic E-state index is 12.8. The third-order valence-corrected chi connectivity index (χ3v) is 5.88. The van der Waals surface area contributed by atoms with Crippen LogP contribution in [-0.2, 0) is 14.2 Å². The van der Waals surface area contributed by atoms with E-state index >= 15 is 0 Å². The molecule has 0 N–H and O–H groups in total. The molecule has 0 amide bonds. The summed E-state index contributed by atoms with van der Waals surface area (Å²) in [5.41, 5.74) is 0.496. The zero-order chi connectivity index (χ0) is 27.9. The van der Waals surface area contributed by atoms with Crippen LogP contribution >= 0.6 is 0 Å². The molecule has 2 saturated heterocycles. The molecule has 0 bridgehead atoms. The minimum Gasteiger partial charge on any atom is -0.491 e. The zero-order valence-corrected chi connectivity index (χ0v) is 21.8. The van der Waals surface area contributed by atoms with Gasteiger partial charge in [0.15, 0.2) is 0 Å². The normalized spacial score (nSPS) is 16.9. The Balaban J connectivity index is 1.25. The molecule has 0 spiro atoms. The quantitative estimate of drug-likeness (QED) is 0.174. The average Bonchev–Trinajstić information content (AvgIpc) is 3.91. The molecular weight excluding hydrogens is 520 g/mol. The van der Waals surface area contributed by atoms with Crippen LogP contribution in [0.15, 0.2) is 66.7 Å². The first-order valence-corrected chi connectivity index (χ1v) is 12.9. The fraction of sp³-hybridized carbons (Fsp3) is 0.300. The summed E-state index contributed by atoms with van der Waals surface area (Å²) in [6.07, 6.45) is 0.840. The number of epoxide rings is 2. The molecule has 10 heteroatoms. The summed E-state index contributed by atoms with van der Waals surface area (Å²) >= 11 is 0. The lowest BCUT2D eigenvalue weighted by atomic mass is 10.1. The van der Waals surface area contributed by atoms with E-state index in [1.165, 1.54) is 18.2 Å². The first-order valence-electron chi connectivity index (χ1n) is 12.9. The molecule has 5 rings (SSSR count). The standard InChI is InChI=1S/C30H28O10/c1-2-13-34-30(33)26-14-23(39-28(31)19-3-7-21(8-4-19)35-15-24-17-37-24)11-12-27(26)40-29(32)20-5-9-22(10-6-20)36-16-25-18-38-25/h3-12,14,24-25H,2,13,15-18H2,1H3. The number of esters is 3. The summed E-state index contributed by atoms with van der Waals surface area (Å²) in [6.45, 7) is 4.30. The van der Waals surface area contributed by atoms with Crippen LogP contribution in [0.5, 0.6) is 23.0 Å². The van der Waals surface area contributed by atoms with Crippen LogP contribution in [-0.4, -0.2) is 63.2 Å². The highest BCUT2D eigenvalue weighted by Crippen LogP contribution is 2.28. The number of carbonyl (C=O) groups excluding carboxylic acids is 3. The molecule has 3 aromatic carbocycles. The van der Waals surface area contributed by atoms with Crippen LogP contribution in [0.3, 0.4) is 0 Å². The van der Waals surface area contributed by atoms with Gasteiger partial charge in [-0.2, -0.15) is 0 Å². The van der Waals surface area contributed by atoms with E-state index in [1.807, 2.05) is 6.92 Å². The highest BCUT2D eigenvalue weighted by molar-refractivity contribution is 5.97. The summed E-state index contributed by atoms with van der Waals surface area (Å²) in [4.78, 5) is 38.3. The highest BCUT2D eigenvalue weighted by atomic mass is 16.6. The van der Waals surface area contributed by atoms with Crippen molar-refractivity contribution >= 4 is 17.9 Å². The lowest BCUT2D eigenvalue weighted by molar-refractivity contribution is 0.0497. The Hall–Kier alpha value is -4.41. The molecule has 10 nitrogen and oxygen atoms in total. The van der Waals surface area contributed by atoms with Gasteiger partial charge in [0, 0.05) is 0 Å². The van der Waals surface area contributed by atoms with Crippen molar-refractivity contribution in [3.8, 4) is 23.0 Å². The van der Waals surface area contributed by atoms with Crippen molar-refractivity contribution in [3.05, 3.63) is 83.4 Å². The first-order chi connectivity index (χ1) is 19.5. The Morgan fingerprint density at radius 3 is 1.70 bits per heavy atom. The summed E-state index contributed by atoms with van der Waals surface area (Å²) in [5, 5.41) is 0. The average molecular weight is 549 g/mol. The van der Waals surface area contributed by atoms with Crippen LogP contribution < -0.4 is 18.9 Å². The number of carbonyl (C=O) groups is 3. The Morgan fingerprint density at radius 2 is 1.20 bits per heavy atom. The molecule has 0 radical (unpaired) electrons. The molecule has 2 heterocycles. The van der Waals surface area contributed by atoms with E-state index in [1.54, 1.807) is 48.5 Å². The van der Waals surface area contributed by atoms with Gasteiger partial charge in [-0.05, 0) is 73.2 Å². The highest BCUT2D eigenvalue weighted by Gasteiger charge is 2.24. The second-order valence-corrected chi connectivity index (χ2v) is 9.15. The second kappa shape index (κ2) is 12.6. The molecule has 2 aliphatic rings. The van der Waals surface area contributed by atoms with Gasteiger partial charge < -0.3 is 33.2 Å². The fourth-order valence-electron chi connectivity index (χ4n) is 3.50. The van der Waals surface area contributed by atoms with E-state index in [0.29, 0.717) is 44.3 Å². The van der Waals surface area contributed by atoms with Crippen molar-refractivity contribution in [1.82, 2.24) is 0 Å². The SMILES string of the molecule is CCCOC(=O)c1cc(OC(=O)c2ccc(OCC3CO3)cc2)ccc1OC(=O)c1ccc(OCC2CO2)cc1. The molecule has 0 saturated carbocycles. The Morgan fingerprint density at radius 1 is 0.700 bits per heavy atom. The van der Waals surface area contributed by atoms with Crippen LogP contribution in [0, 0.1) is 0 Å². The van der Waals surface area contributed by atoms with Gasteiger partial charge in [0.25, 0.3) is 0 Å². The van der Waals surface area contributed by atoms with Gasteiger partial charge in [0.2, 0.25) is 0 Å². The Labute approximate surface area is 230 Å². The number of hydrogen-bond acceptors (Lipinski definition) is 10. The van der Waals surface area contributed by atoms with E-state index < -0.39 is 17.9 Å². The van der Waals surface area contributed by atoms with Gasteiger partial charge in [-0.1, -0.05) is 6.92 Å². The molecule has 2 unspecified atom stereocenters. The molecule has 2 fully saturated rings. The van der Waals surface area contributed by atoms with Crippen LogP contribution in [0.25, 0.3) is 0 Å². The summed E-state index contributed by atoms with van der Waals surface area (Å²) in [7, 11) is 0. The smallest absolute Gasteiger partial charge is 0.343 e. The molecule has 40 heavy (non-hydrogen) atoms. The lowest BCUT2D eigenvalue weighted by Gasteiger charge is -2.12. The second-order valence-electron chi connectivity index (χ2n) is 9.15. The topological polar surface area (TPSA) is 122 Å². The van der Waals surface area contributed by atoms with Crippen LogP contribution in [0.4, 0.5) is 0 Å². The molecule has 0 aromatic heterocycles. The summed E-state index contributed by atoms with van der Waals surface area (Å²) in [5.74, 6) is -0.771. The third-order valence-electron chi connectivity index (χ3n) is 5.88. The maximum absolute atomic E-state index is 12.8. The molecular formula is C30H28O10. The molecule has 0 aliphatic carbocycles. The van der Waals surface area contributed by atoms with Crippen LogP contribution in [0.1, 0.15) is 44.4 Å². The van der Waals surface area contributed by atoms with E-state index in [-0.39, 0.29) is 47.0 Å². The zero-order valence-electron chi connectivity index (χ0n) is 21.8. The summed E-state index contributed by atoms with van der Waals surface area (Å²) in [6, 6.07) is 17.0. The maximum Gasteiger partial charge on any atom is 0.343 e. The van der Waals surface area contributed by atoms with E-state index in [0.717, 1.165) is 0 Å². The third kappa shape index (κ3) is 7.58. The number of benzene rings is 3. The Bertz CT molecular complexity index is 1340. The van der Waals surface area contributed by atoms with Crippen molar-refractivity contribution < 1.29 is 47.5 Å². The first kappa shape index (κ1) is 27.2. The van der Waals surface area contributed by atoms with E-state index in [4.69, 9.17) is 33.2 Å². The molecule has 3 aromatic rings. The van der Waals surface area contributed by atoms with Gasteiger partial charge in [0.1, 0.15) is 54.0 Å². The molecule has 2 aliphatic heterocycles. The molecule has 2 atom stereocenters. The van der Waals surface area contributed by atoms with Crippen LogP contribution in [0.2, 0.25) is 0 Å². The van der Waals surface area contributed by atoms with Gasteiger partial charge in [-0.3, -0.25) is 0 Å². The lowest BCUT2D eigenvalue weighted by Crippen LogP contribution is -2.14. The predicted molar refractivity (Wildman–Crippen MR) is 140 cm³/mol. The Kier molecular flexibility index (Phi) is 8.58. The van der Waals surface area contributed by atoms with Crippen molar-refractivity contribution in [1.29, 1.82) is 0 Å². The van der Waals surface area contributed by atoms with Gasteiger partial charge in [-0.15, -0.1) is 0 Å². The predicted octanol–water partition coefficient (Wildman–Crippen LogP) is 4.25. The number of rotatable bonds is 13. The minimum atomic E-state index is -0.713. The fourth-order valence-corrected chi connectivity index (χ4v) is 3.50. The van der Waals surface area contributed by atoms with Crippen molar-refractivity contribution in [2.45, 2.75) is 25.6 Å². The largest absolute Gasteiger partial charge is 0.491 e. The van der Waals surface area contributed by atoms with Gasteiger partial charge >= 0.3 is 17.9 Å². The van der Waals surface area contributed by atoms with Crippen molar-refractivity contribution in [3.63, 3.8) is 0 Å². The van der Waals surface area contributed by atoms with Crippen molar-refractivity contribution in [2.24, 2.45) is 0 Å². The molecule has 208 valence electrons. The van der Waals surface area contributed by atoms with E-state index in [9.17, 15) is 14.4 Å². The minimum absolute atomic E-state index is 0.0294.